The fraction of sp³-hybridized carbons (Fsp3) is 0.308. The smallest absolute Gasteiger partial charge is 0.263 e. The Bertz CT molecular complexity index is 597. The summed E-state index contributed by atoms with van der Waals surface area (Å²) in [5.41, 5.74) is 6.62. The first kappa shape index (κ1) is 14.3. The van der Waals surface area contributed by atoms with Crippen LogP contribution in [-0.4, -0.2) is 26.0 Å². The van der Waals surface area contributed by atoms with Crippen molar-refractivity contribution in [1.82, 2.24) is 10.6 Å². The van der Waals surface area contributed by atoms with Crippen LogP contribution in [0.25, 0.3) is 10.1 Å². The Labute approximate surface area is 124 Å². The molecule has 0 atom stereocenters. The quantitative estimate of drug-likeness (QED) is 0.732. The van der Waals surface area contributed by atoms with Crippen molar-refractivity contribution in [3.05, 3.63) is 27.5 Å². The number of nitrogens with two attached hydrogens (primary N) is 1. The molecule has 0 saturated heterocycles. The molecule has 0 bridgehead atoms. The van der Waals surface area contributed by atoms with E-state index >= 15 is 0 Å². The summed E-state index contributed by atoms with van der Waals surface area (Å²) in [4.78, 5) is 12.7. The third-order valence-electron chi connectivity index (χ3n) is 2.78. The lowest BCUT2D eigenvalue weighted by Crippen LogP contribution is -2.26. The minimum absolute atomic E-state index is 0.0917. The molecular formula is C13H16BrN3OS. The molecule has 0 unspecified atom stereocenters. The van der Waals surface area contributed by atoms with Crippen LogP contribution in [0.4, 0.5) is 5.69 Å². The number of carbonyl (C=O) groups is 1. The summed E-state index contributed by atoms with van der Waals surface area (Å²) < 4.78 is 1.99. The van der Waals surface area contributed by atoms with E-state index in [4.69, 9.17) is 5.73 Å². The molecule has 1 aromatic heterocycles. The lowest BCUT2D eigenvalue weighted by molar-refractivity contribution is 0.0958. The van der Waals surface area contributed by atoms with Crippen LogP contribution >= 0.6 is 27.3 Å². The van der Waals surface area contributed by atoms with Gasteiger partial charge in [0.1, 0.15) is 4.88 Å². The number of benzene rings is 1. The minimum Gasteiger partial charge on any atom is -0.397 e. The van der Waals surface area contributed by atoms with Crippen LogP contribution in [0, 0.1) is 0 Å². The van der Waals surface area contributed by atoms with Gasteiger partial charge in [-0.1, -0.05) is 15.9 Å². The molecule has 102 valence electrons. The Hall–Kier alpha value is -1.11. The van der Waals surface area contributed by atoms with Crippen LogP contribution in [0.5, 0.6) is 0 Å². The standard InChI is InChI=1S/C13H16BrN3OS/c1-16-5-2-6-17-13(18)12-11(15)9-7-8(14)3-4-10(9)19-12/h3-4,7,16H,2,5-6,15H2,1H3,(H,17,18). The molecule has 0 saturated carbocycles. The van der Waals surface area contributed by atoms with E-state index < -0.39 is 0 Å². The topological polar surface area (TPSA) is 67.1 Å². The molecule has 0 aliphatic carbocycles. The summed E-state index contributed by atoms with van der Waals surface area (Å²) in [6, 6.07) is 5.87. The highest BCUT2D eigenvalue weighted by Crippen LogP contribution is 2.35. The van der Waals surface area contributed by atoms with Crippen LogP contribution in [-0.2, 0) is 0 Å². The highest BCUT2D eigenvalue weighted by Gasteiger charge is 2.15. The van der Waals surface area contributed by atoms with Crippen molar-refractivity contribution in [2.24, 2.45) is 0 Å². The highest BCUT2D eigenvalue weighted by atomic mass is 79.9. The molecule has 0 aliphatic rings. The minimum atomic E-state index is -0.0917. The molecule has 4 nitrogen and oxygen atoms in total. The summed E-state index contributed by atoms with van der Waals surface area (Å²) in [5.74, 6) is -0.0917. The number of nitrogen functional groups attached to an aromatic ring is 1. The summed E-state index contributed by atoms with van der Waals surface area (Å²) in [5, 5.41) is 6.86. The maximum Gasteiger partial charge on any atom is 0.263 e. The van der Waals surface area contributed by atoms with Crippen LogP contribution in [0.15, 0.2) is 22.7 Å². The number of anilines is 1. The summed E-state index contributed by atoms with van der Waals surface area (Å²) >= 11 is 4.84. The SMILES string of the molecule is CNCCCNC(=O)c1sc2ccc(Br)cc2c1N. The maximum absolute atomic E-state index is 12.1. The van der Waals surface area contributed by atoms with Gasteiger partial charge in [-0.15, -0.1) is 11.3 Å². The predicted molar refractivity (Wildman–Crippen MR) is 84.8 cm³/mol. The predicted octanol–water partition coefficient (Wildman–Crippen LogP) is 2.59. The lowest BCUT2D eigenvalue weighted by atomic mass is 10.2. The third kappa shape index (κ3) is 3.26. The van der Waals surface area contributed by atoms with Crippen molar-refractivity contribution in [2.45, 2.75) is 6.42 Å². The molecule has 0 aliphatic heterocycles. The zero-order chi connectivity index (χ0) is 13.8. The molecule has 0 spiro atoms. The van der Waals surface area contributed by atoms with E-state index in [1.807, 2.05) is 25.2 Å². The number of thiophene rings is 1. The number of hydrogen-bond acceptors (Lipinski definition) is 4. The molecule has 19 heavy (non-hydrogen) atoms. The lowest BCUT2D eigenvalue weighted by Gasteiger charge is -2.03. The molecule has 6 heteroatoms. The molecule has 2 rings (SSSR count). The molecule has 2 aromatic rings. The van der Waals surface area contributed by atoms with Crippen molar-refractivity contribution in [3.8, 4) is 0 Å². The normalized spacial score (nSPS) is 10.8. The molecule has 4 N–H and O–H groups in total. The van der Waals surface area contributed by atoms with Crippen molar-refractivity contribution < 1.29 is 4.79 Å². The first-order valence-electron chi connectivity index (χ1n) is 6.04. The molecule has 1 aromatic carbocycles. The van der Waals surface area contributed by atoms with Gasteiger partial charge in [-0.05, 0) is 38.2 Å². The van der Waals surface area contributed by atoms with Crippen molar-refractivity contribution in [1.29, 1.82) is 0 Å². The van der Waals surface area contributed by atoms with Gasteiger partial charge >= 0.3 is 0 Å². The van der Waals surface area contributed by atoms with Gasteiger partial charge in [0.2, 0.25) is 0 Å². The van der Waals surface area contributed by atoms with Crippen molar-refractivity contribution >= 4 is 48.9 Å². The van der Waals surface area contributed by atoms with Crippen LogP contribution in [0.3, 0.4) is 0 Å². The van der Waals surface area contributed by atoms with E-state index in [0.29, 0.717) is 17.1 Å². The number of nitrogens with one attached hydrogen (secondary N) is 2. The molecule has 1 amide bonds. The maximum atomic E-state index is 12.1. The average molecular weight is 342 g/mol. The monoisotopic (exact) mass is 341 g/mol. The van der Waals surface area contributed by atoms with Gasteiger partial charge in [0.25, 0.3) is 5.91 Å². The molecule has 1 heterocycles. The first-order valence-corrected chi connectivity index (χ1v) is 7.64. The summed E-state index contributed by atoms with van der Waals surface area (Å²) in [6.07, 6.45) is 0.901. The van der Waals surface area contributed by atoms with E-state index in [2.05, 4.69) is 26.6 Å². The number of fused-ring (bicyclic) bond motifs is 1. The van der Waals surface area contributed by atoms with Gasteiger partial charge < -0.3 is 16.4 Å². The summed E-state index contributed by atoms with van der Waals surface area (Å²) in [6.45, 7) is 1.53. The molecule has 0 radical (unpaired) electrons. The average Bonchev–Trinajstić information content (AvgIpc) is 2.72. The van der Waals surface area contributed by atoms with E-state index in [1.54, 1.807) is 0 Å². The Kier molecular flexibility index (Phi) is 4.79. The van der Waals surface area contributed by atoms with Crippen LogP contribution in [0.2, 0.25) is 0 Å². The second-order valence-corrected chi connectivity index (χ2v) is 6.17. The summed E-state index contributed by atoms with van der Waals surface area (Å²) in [7, 11) is 1.89. The second kappa shape index (κ2) is 6.36. The second-order valence-electron chi connectivity index (χ2n) is 4.20. The van der Waals surface area contributed by atoms with Gasteiger partial charge in [-0.2, -0.15) is 0 Å². The van der Waals surface area contributed by atoms with E-state index in [0.717, 1.165) is 27.5 Å². The van der Waals surface area contributed by atoms with Gasteiger partial charge in [0.15, 0.2) is 0 Å². The van der Waals surface area contributed by atoms with Gasteiger partial charge in [0, 0.05) is 21.1 Å². The Morgan fingerprint density at radius 2 is 2.21 bits per heavy atom. The fourth-order valence-electron chi connectivity index (χ4n) is 1.80. The van der Waals surface area contributed by atoms with Crippen LogP contribution in [0.1, 0.15) is 16.1 Å². The van der Waals surface area contributed by atoms with Crippen LogP contribution < -0.4 is 16.4 Å². The molecular weight excluding hydrogens is 326 g/mol. The van der Waals surface area contributed by atoms with Gasteiger partial charge in [0.05, 0.1) is 5.69 Å². The number of rotatable bonds is 5. The number of carbonyl (C=O) groups excluding carboxylic acids is 1. The molecule has 0 fully saturated rings. The Morgan fingerprint density at radius 3 is 2.95 bits per heavy atom. The van der Waals surface area contributed by atoms with Gasteiger partial charge in [-0.25, -0.2) is 0 Å². The number of amides is 1. The fourth-order valence-corrected chi connectivity index (χ4v) is 3.19. The number of hydrogen-bond donors (Lipinski definition) is 3. The van der Waals surface area contributed by atoms with Crippen molar-refractivity contribution in [3.63, 3.8) is 0 Å². The zero-order valence-electron chi connectivity index (χ0n) is 10.6. The van der Waals surface area contributed by atoms with Crippen molar-refractivity contribution in [2.75, 3.05) is 25.9 Å². The first-order chi connectivity index (χ1) is 9.13. The van der Waals surface area contributed by atoms with Gasteiger partial charge in [-0.3, -0.25) is 4.79 Å². The van der Waals surface area contributed by atoms with E-state index in [1.165, 1.54) is 11.3 Å². The largest absolute Gasteiger partial charge is 0.397 e. The number of halogens is 1. The van der Waals surface area contributed by atoms with E-state index in [-0.39, 0.29) is 5.91 Å². The third-order valence-corrected chi connectivity index (χ3v) is 4.46. The highest BCUT2D eigenvalue weighted by molar-refractivity contribution is 9.10. The Morgan fingerprint density at radius 1 is 1.42 bits per heavy atom. The zero-order valence-corrected chi connectivity index (χ0v) is 13.0. The Balaban J connectivity index is 2.16. The van der Waals surface area contributed by atoms with E-state index in [9.17, 15) is 4.79 Å².